The number of nitrogens with zero attached hydrogens (tertiary/aromatic N) is 1. The molecule has 2 unspecified atom stereocenters. The molecular weight excluding hydrogens is 450 g/mol. The molecule has 0 aliphatic heterocycles. The second-order valence-electron chi connectivity index (χ2n) is 8.59. The molecule has 1 amide bonds. The van der Waals surface area contributed by atoms with Crippen LogP contribution in [0.25, 0.3) is 11.1 Å². The highest BCUT2D eigenvalue weighted by Gasteiger charge is 2.23. The zero-order chi connectivity index (χ0) is 24.6. The van der Waals surface area contributed by atoms with E-state index in [0.717, 1.165) is 16.7 Å². The van der Waals surface area contributed by atoms with Gasteiger partial charge in [-0.3, -0.25) is 4.79 Å². The summed E-state index contributed by atoms with van der Waals surface area (Å²) in [4.78, 5) is 16.9. The molecule has 7 nitrogen and oxygen atoms in total. The molecule has 2 atom stereocenters. The number of aromatic nitrogens is 1. The Morgan fingerprint density at radius 1 is 0.941 bits per heavy atom. The highest BCUT2D eigenvalue weighted by atomic mass is 32.2. The second-order valence-corrected chi connectivity index (χ2v) is 10.3. The Kier molecular flexibility index (Phi) is 8.92. The topological polar surface area (TPSA) is 108 Å². The third-order valence-corrected chi connectivity index (χ3v) is 6.69. The quantitative estimate of drug-likeness (QED) is 0.389. The van der Waals surface area contributed by atoms with Crippen molar-refractivity contribution in [1.29, 1.82) is 0 Å². The molecule has 0 aliphatic carbocycles. The molecule has 3 rings (SSSR count). The van der Waals surface area contributed by atoms with E-state index in [9.17, 15) is 18.3 Å². The van der Waals surface area contributed by atoms with Crippen LogP contribution in [0.3, 0.4) is 0 Å². The highest BCUT2D eigenvalue weighted by Crippen LogP contribution is 2.28. The van der Waals surface area contributed by atoms with E-state index in [0.29, 0.717) is 6.42 Å². The van der Waals surface area contributed by atoms with Crippen molar-refractivity contribution in [2.45, 2.75) is 37.3 Å². The molecule has 34 heavy (non-hydrogen) atoms. The summed E-state index contributed by atoms with van der Waals surface area (Å²) in [7, 11) is -3.83. The van der Waals surface area contributed by atoms with Gasteiger partial charge < -0.3 is 10.4 Å². The van der Waals surface area contributed by atoms with Crippen molar-refractivity contribution in [2.75, 3.05) is 13.1 Å². The monoisotopic (exact) mass is 481 g/mol. The number of pyridine rings is 1. The Morgan fingerprint density at radius 2 is 1.65 bits per heavy atom. The smallest absolute Gasteiger partial charge is 0.258 e. The van der Waals surface area contributed by atoms with E-state index in [1.807, 2.05) is 54.6 Å². The number of hydrogen-bond donors (Lipinski definition) is 3. The van der Waals surface area contributed by atoms with Gasteiger partial charge in [0.25, 0.3) is 10.0 Å². The first-order valence-electron chi connectivity index (χ1n) is 11.3. The average Bonchev–Trinajstić information content (AvgIpc) is 2.85. The van der Waals surface area contributed by atoms with E-state index < -0.39 is 16.1 Å². The van der Waals surface area contributed by atoms with Crippen LogP contribution in [-0.2, 0) is 14.8 Å². The van der Waals surface area contributed by atoms with E-state index in [2.05, 4.69) is 28.9 Å². The maximum atomic E-state index is 13.1. The lowest BCUT2D eigenvalue weighted by atomic mass is 9.88. The molecule has 2 aromatic carbocycles. The van der Waals surface area contributed by atoms with Crippen LogP contribution in [0.1, 0.15) is 31.7 Å². The van der Waals surface area contributed by atoms with Gasteiger partial charge in [0.05, 0.1) is 12.0 Å². The molecule has 3 N–H and O–H groups in total. The largest absolute Gasteiger partial charge is 0.390 e. The maximum absolute atomic E-state index is 13.1. The first-order chi connectivity index (χ1) is 16.3. The van der Waals surface area contributed by atoms with Gasteiger partial charge in [-0.15, -0.1) is 0 Å². The molecule has 0 saturated heterocycles. The second kappa shape index (κ2) is 11.9. The van der Waals surface area contributed by atoms with E-state index >= 15 is 0 Å². The van der Waals surface area contributed by atoms with Gasteiger partial charge in [0.15, 0.2) is 5.03 Å². The van der Waals surface area contributed by atoms with Crippen LogP contribution < -0.4 is 10.0 Å². The molecule has 1 heterocycles. The Bertz CT molecular complexity index is 1170. The number of carbonyl (C=O) groups excluding carboxylic acids is 1. The first-order valence-corrected chi connectivity index (χ1v) is 12.8. The summed E-state index contributed by atoms with van der Waals surface area (Å²) in [5.74, 6) is -0.308. The molecule has 0 spiro atoms. The van der Waals surface area contributed by atoms with Crippen LogP contribution in [0, 0.1) is 5.92 Å². The van der Waals surface area contributed by atoms with E-state index in [1.165, 1.54) is 12.3 Å². The van der Waals surface area contributed by atoms with Crippen LogP contribution in [0.4, 0.5) is 0 Å². The van der Waals surface area contributed by atoms with Crippen LogP contribution in [0.15, 0.2) is 84.0 Å². The van der Waals surface area contributed by atoms with Crippen LogP contribution in [-0.4, -0.2) is 43.6 Å². The Morgan fingerprint density at radius 3 is 2.32 bits per heavy atom. The number of rotatable bonds is 11. The van der Waals surface area contributed by atoms with Crippen molar-refractivity contribution >= 4 is 15.9 Å². The van der Waals surface area contributed by atoms with E-state index in [-0.39, 0.29) is 35.9 Å². The standard InChI is InChI=1S/C26H31N3O4S/c1-19(2)15-24(22-12-8-11-21(16-22)20-9-4-3-5-10-20)26(31)28-17-23(30)18-29-34(32,33)25-13-6-7-14-27-25/h3-14,16,19,23-24,29-30H,15,17-18H2,1-2H3,(H,28,31). The highest BCUT2D eigenvalue weighted by molar-refractivity contribution is 7.89. The molecular formula is C26H31N3O4S. The number of carbonyl (C=O) groups is 1. The van der Waals surface area contributed by atoms with Crippen molar-refractivity contribution in [3.05, 3.63) is 84.6 Å². The Labute approximate surface area is 201 Å². The lowest BCUT2D eigenvalue weighted by Gasteiger charge is -2.21. The molecule has 3 aromatic rings. The van der Waals surface area contributed by atoms with Crippen molar-refractivity contribution in [3.63, 3.8) is 0 Å². The summed E-state index contributed by atoms with van der Waals surface area (Å²) in [5.41, 5.74) is 3.00. The summed E-state index contributed by atoms with van der Waals surface area (Å²) >= 11 is 0. The maximum Gasteiger partial charge on any atom is 0.258 e. The minimum Gasteiger partial charge on any atom is -0.390 e. The van der Waals surface area contributed by atoms with Gasteiger partial charge in [-0.05, 0) is 41.2 Å². The van der Waals surface area contributed by atoms with Gasteiger partial charge in [0.2, 0.25) is 5.91 Å². The number of hydrogen-bond acceptors (Lipinski definition) is 5. The molecule has 0 radical (unpaired) electrons. The Balaban J connectivity index is 1.64. The Hall–Kier alpha value is -3.07. The predicted molar refractivity (Wildman–Crippen MR) is 133 cm³/mol. The summed E-state index contributed by atoms with van der Waals surface area (Å²) in [6, 6.07) is 22.5. The molecule has 8 heteroatoms. The lowest BCUT2D eigenvalue weighted by Crippen LogP contribution is -2.41. The summed E-state index contributed by atoms with van der Waals surface area (Å²) < 4.78 is 26.9. The third kappa shape index (κ3) is 7.21. The van der Waals surface area contributed by atoms with Crippen molar-refractivity contribution < 1.29 is 18.3 Å². The minimum absolute atomic E-state index is 0.0729. The molecule has 0 saturated carbocycles. The normalized spacial score (nSPS) is 13.4. The SMILES string of the molecule is CC(C)CC(C(=O)NCC(O)CNS(=O)(=O)c1ccccn1)c1cccc(-c2ccccc2)c1. The predicted octanol–water partition coefficient (Wildman–Crippen LogP) is 3.33. The molecule has 1 aromatic heterocycles. The number of nitrogens with one attached hydrogen (secondary N) is 2. The van der Waals surface area contributed by atoms with Gasteiger partial charge in [0.1, 0.15) is 0 Å². The molecule has 0 bridgehead atoms. The number of aliphatic hydroxyl groups is 1. The zero-order valence-electron chi connectivity index (χ0n) is 19.4. The van der Waals surface area contributed by atoms with Gasteiger partial charge in [0, 0.05) is 19.3 Å². The van der Waals surface area contributed by atoms with Gasteiger partial charge in [-0.1, -0.05) is 74.5 Å². The van der Waals surface area contributed by atoms with Crippen molar-refractivity contribution in [1.82, 2.24) is 15.0 Å². The fourth-order valence-corrected chi connectivity index (χ4v) is 4.65. The van der Waals surface area contributed by atoms with E-state index in [4.69, 9.17) is 0 Å². The molecule has 0 fully saturated rings. The van der Waals surface area contributed by atoms with Gasteiger partial charge in [-0.2, -0.15) is 0 Å². The number of aliphatic hydroxyl groups excluding tert-OH is 1. The zero-order valence-corrected chi connectivity index (χ0v) is 20.2. The van der Waals surface area contributed by atoms with Crippen LogP contribution in [0.5, 0.6) is 0 Å². The summed E-state index contributed by atoms with van der Waals surface area (Å²) in [6.07, 6.45) is 0.942. The minimum atomic E-state index is -3.83. The third-order valence-electron chi connectivity index (χ3n) is 5.35. The molecule has 0 aliphatic rings. The summed E-state index contributed by atoms with van der Waals surface area (Å²) in [6.45, 7) is 3.80. The number of sulfonamides is 1. The summed E-state index contributed by atoms with van der Waals surface area (Å²) in [5, 5.41) is 12.9. The number of amides is 1. The van der Waals surface area contributed by atoms with E-state index in [1.54, 1.807) is 12.1 Å². The fraction of sp³-hybridized carbons (Fsp3) is 0.308. The van der Waals surface area contributed by atoms with Crippen LogP contribution in [0.2, 0.25) is 0 Å². The first kappa shape index (κ1) is 25.6. The van der Waals surface area contributed by atoms with Crippen molar-refractivity contribution in [2.24, 2.45) is 5.92 Å². The average molecular weight is 482 g/mol. The van der Waals surface area contributed by atoms with Gasteiger partial charge >= 0.3 is 0 Å². The van der Waals surface area contributed by atoms with Crippen LogP contribution >= 0.6 is 0 Å². The fourth-order valence-electron chi connectivity index (χ4n) is 3.63. The lowest BCUT2D eigenvalue weighted by molar-refractivity contribution is -0.123. The number of benzene rings is 2. The van der Waals surface area contributed by atoms with Crippen molar-refractivity contribution in [3.8, 4) is 11.1 Å². The molecule has 180 valence electrons. The van der Waals surface area contributed by atoms with Gasteiger partial charge in [-0.25, -0.2) is 18.1 Å².